The van der Waals surface area contributed by atoms with Crippen LogP contribution in [0.25, 0.3) is 0 Å². The third-order valence-corrected chi connectivity index (χ3v) is 3.11. The molecule has 0 radical (unpaired) electrons. The first-order valence-corrected chi connectivity index (χ1v) is 6.23. The third kappa shape index (κ3) is 3.25. The lowest BCUT2D eigenvalue weighted by molar-refractivity contribution is -0.141. The highest BCUT2D eigenvalue weighted by molar-refractivity contribution is 9.10. The van der Waals surface area contributed by atoms with Crippen molar-refractivity contribution in [3.8, 4) is 0 Å². The molecule has 2 aromatic rings. The number of carboxylic acids is 1. The lowest BCUT2D eigenvalue weighted by Gasteiger charge is -2.11. The quantitative estimate of drug-likeness (QED) is 0.850. The van der Waals surface area contributed by atoms with Crippen molar-refractivity contribution in [3.05, 3.63) is 47.0 Å². The van der Waals surface area contributed by atoms with Crippen LogP contribution in [0.15, 0.2) is 41.4 Å². The molecule has 0 unspecified atom stereocenters. The molecule has 0 aliphatic rings. The molecular weight excluding hydrogens is 314 g/mol. The summed E-state index contributed by atoms with van der Waals surface area (Å²) < 4.78 is 2.02. The van der Waals surface area contributed by atoms with Crippen LogP contribution in [0.3, 0.4) is 0 Å². The maximum Gasteiger partial charge on any atom is 0.329 e. The van der Waals surface area contributed by atoms with Crippen molar-refractivity contribution in [3.63, 3.8) is 0 Å². The minimum absolute atomic E-state index is 0.166. The van der Waals surface area contributed by atoms with Crippen LogP contribution in [-0.4, -0.2) is 31.6 Å². The number of carbonyl (C=O) groups excluding carboxylic acids is 1. The van der Waals surface area contributed by atoms with E-state index in [2.05, 4.69) is 26.0 Å². The number of hydrogen-bond acceptors (Lipinski definition) is 4. The molecule has 6 nitrogen and oxygen atoms in total. The Labute approximate surface area is 117 Å². The van der Waals surface area contributed by atoms with Gasteiger partial charge < -0.3 is 5.11 Å². The molecule has 2 rings (SSSR count). The number of Topliss-reactive ketones (excluding diaryl/α,β-unsaturated/α-hetero) is 1. The fraction of sp³-hybridized carbons (Fsp3) is 0.167. The van der Waals surface area contributed by atoms with Crippen LogP contribution in [0.2, 0.25) is 0 Å². The standard InChI is InChI=1S/C12H10BrN3O3/c13-9-3-1-8(2-4-9)11(17)5-10(12(18)19)16-7-14-6-15-16/h1-4,6-7,10H,5H2,(H,18,19)/t10-/m0/s1. The summed E-state index contributed by atoms with van der Waals surface area (Å²) in [5, 5.41) is 12.9. The van der Waals surface area contributed by atoms with Gasteiger partial charge in [0.15, 0.2) is 11.8 Å². The molecule has 0 aliphatic carbocycles. The summed E-state index contributed by atoms with van der Waals surface area (Å²) >= 11 is 3.27. The van der Waals surface area contributed by atoms with E-state index in [1.807, 2.05) is 0 Å². The van der Waals surface area contributed by atoms with Crippen molar-refractivity contribution in [2.24, 2.45) is 0 Å². The third-order valence-electron chi connectivity index (χ3n) is 2.59. The number of aliphatic carboxylic acids is 1. The van der Waals surface area contributed by atoms with E-state index in [0.29, 0.717) is 5.56 Å². The van der Waals surface area contributed by atoms with E-state index in [-0.39, 0.29) is 12.2 Å². The molecule has 98 valence electrons. The van der Waals surface area contributed by atoms with E-state index < -0.39 is 12.0 Å². The molecule has 1 atom stereocenters. The van der Waals surface area contributed by atoms with Gasteiger partial charge in [0.05, 0.1) is 0 Å². The zero-order valence-corrected chi connectivity index (χ0v) is 11.3. The molecule has 0 saturated heterocycles. The van der Waals surface area contributed by atoms with E-state index in [0.717, 1.165) is 4.47 Å². The second kappa shape index (κ2) is 5.75. The Morgan fingerprint density at radius 1 is 1.32 bits per heavy atom. The van der Waals surface area contributed by atoms with E-state index >= 15 is 0 Å². The summed E-state index contributed by atoms with van der Waals surface area (Å²) in [5.74, 6) is -1.37. The lowest BCUT2D eigenvalue weighted by atomic mass is 10.0. The van der Waals surface area contributed by atoms with Gasteiger partial charge in [-0.15, -0.1) is 0 Å². The molecule has 1 N–H and O–H groups in total. The molecule has 1 heterocycles. The van der Waals surface area contributed by atoms with Crippen LogP contribution < -0.4 is 0 Å². The normalized spacial score (nSPS) is 12.1. The Kier molecular flexibility index (Phi) is 4.06. The van der Waals surface area contributed by atoms with Gasteiger partial charge in [0.1, 0.15) is 12.7 Å². The average Bonchev–Trinajstić information content (AvgIpc) is 2.89. The van der Waals surface area contributed by atoms with E-state index in [9.17, 15) is 9.59 Å². The maximum absolute atomic E-state index is 12.0. The first kappa shape index (κ1) is 13.4. The molecule has 0 amide bonds. The number of aromatic nitrogens is 3. The SMILES string of the molecule is O=C(C[C@@H](C(=O)O)n1cncn1)c1ccc(Br)cc1. The van der Waals surface area contributed by atoms with Crippen LogP contribution in [0, 0.1) is 0 Å². The van der Waals surface area contributed by atoms with Gasteiger partial charge in [-0.3, -0.25) is 4.79 Å². The van der Waals surface area contributed by atoms with Gasteiger partial charge >= 0.3 is 5.97 Å². The Morgan fingerprint density at radius 2 is 2.00 bits per heavy atom. The highest BCUT2D eigenvalue weighted by Crippen LogP contribution is 2.17. The fourth-order valence-electron chi connectivity index (χ4n) is 1.60. The molecular formula is C12H10BrN3O3. The predicted octanol–water partition coefficient (Wildman–Crippen LogP) is 1.94. The van der Waals surface area contributed by atoms with E-state index in [1.54, 1.807) is 24.3 Å². The minimum atomic E-state index is -1.11. The predicted molar refractivity (Wildman–Crippen MR) is 69.8 cm³/mol. The van der Waals surface area contributed by atoms with Crippen molar-refractivity contribution in [2.45, 2.75) is 12.5 Å². The van der Waals surface area contributed by atoms with Crippen molar-refractivity contribution < 1.29 is 14.7 Å². The second-order valence-corrected chi connectivity index (χ2v) is 4.78. The van der Waals surface area contributed by atoms with Crippen LogP contribution in [0.4, 0.5) is 0 Å². The summed E-state index contributed by atoms with van der Waals surface area (Å²) in [7, 11) is 0. The van der Waals surface area contributed by atoms with E-state index in [1.165, 1.54) is 17.3 Å². The maximum atomic E-state index is 12.0. The van der Waals surface area contributed by atoms with Crippen molar-refractivity contribution in [2.75, 3.05) is 0 Å². The fourth-order valence-corrected chi connectivity index (χ4v) is 1.87. The molecule has 1 aromatic heterocycles. The summed E-state index contributed by atoms with van der Waals surface area (Å²) in [6, 6.07) is 5.72. The van der Waals surface area contributed by atoms with E-state index in [4.69, 9.17) is 5.11 Å². The molecule has 7 heteroatoms. The number of ketones is 1. The molecule has 1 aromatic carbocycles. The van der Waals surface area contributed by atoms with Crippen LogP contribution >= 0.6 is 15.9 Å². The van der Waals surface area contributed by atoms with Crippen LogP contribution in [-0.2, 0) is 4.79 Å². The molecule has 0 spiro atoms. The van der Waals surface area contributed by atoms with Crippen LogP contribution in [0.5, 0.6) is 0 Å². The zero-order chi connectivity index (χ0) is 13.8. The Morgan fingerprint density at radius 3 is 2.53 bits per heavy atom. The van der Waals surface area contributed by atoms with Gasteiger partial charge in [-0.25, -0.2) is 14.5 Å². The summed E-state index contributed by atoms with van der Waals surface area (Å²) in [6.07, 6.45) is 2.36. The largest absolute Gasteiger partial charge is 0.480 e. The zero-order valence-electron chi connectivity index (χ0n) is 9.73. The van der Waals surface area contributed by atoms with Gasteiger partial charge in [0.25, 0.3) is 0 Å². The monoisotopic (exact) mass is 323 g/mol. The summed E-state index contributed by atoms with van der Waals surface area (Å²) in [6.45, 7) is 0. The lowest BCUT2D eigenvalue weighted by Crippen LogP contribution is -2.22. The first-order valence-electron chi connectivity index (χ1n) is 5.43. The molecule has 0 bridgehead atoms. The van der Waals surface area contributed by atoms with Crippen LogP contribution in [0.1, 0.15) is 22.8 Å². The van der Waals surface area contributed by atoms with Crippen molar-refractivity contribution in [1.82, 2.24) is 14.8 Å². The number of halogens is 1. The highest BCUT2D eigenvalue weighted by atomic mass is 79.9. The van der Waals surface area contributed by atoms with Gasteiger partial charge in [0, 0.05) is 16.5 Å². The number of hydrogen-bond donors (Lipinski definition) is 1. The number of rotatable bonds is 5. The first-order chi connectivity index (χ1) is 9.08. The molecule has 19 heavy (non-hydrogen) atoms. The Hall–Kier alpha value is -2.02. The van der Waals surface area contributed by atoms with Crippen molar-refractivity contribution >= 4 is 27.7 Å². The number of carboxylic acid groups (broad SMARTS) is 1. The molecule has 0 aliphatic heterocycles. The number of benzene rings is 1. The number of carbonyl (C=O) groups is 2. The highest BCUT2D eigenvalue weighted by Gasteiger charge is 2.24. The second-order valence-electron chi connectivity index (χ2n) is 3.86. The summed E-state index contributed by atoms with van der Waals surface area (Å²) in [5.41, 5.74) is 0.467. The topological polar surface area (TPSA) is 85.1 Å². The smallest absolute Gasteiger partial charge is 0.329 e. The van der Waals surface area contributed by atoms with Gasteiger partial charge in [-0.2, -0.15) is 5.10 Å². The molecule has 0 saturated carbocycles. The van der Waals surface area contributed by atoms with Gasteiger partial charge in [-0.1, -0.05) is 28.1 Å². The summed E-state index contributed by atoms with van der Waals surface area (Å²) in [4.78, 5) is 26.9. The van der Waals surface area contributed by atoms with Crippen molar-refractivity contribution in [1.29, 1.82) is 0 Å². The Bertz CT molecular complexity index is 581. The van der Waals surface area contributed by atoms with Gasteiger partial charge in [0.2, 0.25) is 0 Å². The van der Waals surface area contributed by atoms with Gasteiger partial charge in [-0.05, 0) is 12.1 Å². The average molecular weight is 324 g/mol. The minimum Gasteiger partial charge on any atom is -0.480 e. The Balaban J connectivity index is 2.16. The molecule has 0 fully saturated rings. The number of nitrogens with zero attached hydrogens (tertiary/aromatic N) is 3.